The van der Waals surface area contributed by atoms with Crippen LogP contribution in [0.2, 0.25) is 15.2 Å². The first-order valence-corrected chi connectivity index (χ1v) is 10.7. The molecule has 1 aromatic heterocycles. The number of amides is 1. The molecular weight excluding hydrogens is 529 g/mol. The summed E-state index contributed by atoms with van der Waals surface area (Å²) in [6.45, 7) is 0.223. The van der Waals surface area contributed by atoms with Crippen LogP contribution in [0.25, 0.3) is 0 Å². The molecule has 0 atom stereocenters. The molecule has 0 saturated heterocycles. The van der Waals surface area contributed by atoms with Gasteiger partial charge in [-0.2, -0.15) is 5.10 Å². The van der Waals surface area contributed by atoms with Gasteiger partial charge in [-0.15, -0.1) is 0 Å². The molecular formula is C21H15BrCl3N3O3. The van der Waals surface area contributed by atoms with Gasteiger partial charge in [-0.05, 0) is 57.9 Å². The summed E-state index contributed by atoms with van der Waals surface area (Å²) in [4.78, 5) is 16.0. The molecule has 10 heteroatoms. The number of rotatable bonds is 7. The minimum atomic E-state index is -0.472. The Morgan fingerprint density at radius 3 is 2.74 bits per heavy atom. The standard InChI is InChI=1S/C21H15BrCl3N3O3/c1-30-18-8-12(10-27-28-21(29)15-3-2-6-26-20(15)25)7-16(22)19(18)31-11-13-4-5-14(23)9-17(13)24/h2-10H,11H2,1H3,(H,28,29). The molecule has 1 N–H and O–H groups in total. The molecule has 0 spiro atoms. The van der Waals surface area contributed by atoms with E-state index in [1.54, 1.807) is 42.5 Å². The number of aromatic nitrogens is 1. The SMILES string of the molecule is COc1cc(C=NNC(=O)c2cccnc2Cl)cc(Br)c1OCc1ccc(Cl)cc1Cl. The first-order chi connectivity index (χ1) is 14.9. The van der Waals surface area contributed by atoms with Crippen molar-refractivity contribution in [3.05, 3.63) is 85.0 Å². The van der Waals surface area contributed by atoms with E-state index in [1.807, 2.05) is 0 Å². The Morgan fingerprint density at radius 1 is 1.23 bits per heavy atom. The zero-order chi connectivity index (χ0) is 22.4. The Bertz CT molecular complexity index is 1140. The quantitative estimate of drug-likeness (QED) is 0.220. The maximum atomic E-state index is 12.1. The minimum Gasteiger partial charge on any atom is -0.493 e. The Balaban J connectivity index is 1.72. The summed E-state index contributed by atoms with van der Waals surface area (Å²) >= 11 is 21.5. The number of hydrazone groups is 1. The fraction of sp³-hybridized carbons (Fsp3) is 0.0952. The van der Waals surface area contributed by atoms with Crippen LogP contribution in [0.3, 0.4) is 0 Å². The Kier molecular flexibility index (Phi) is 8.15. The molecule has 1 heterocycles. The van der Waals surface area contributed by atoms with Crippen LogP contribution in [0.5, 0.6) is 11.5 Å². The van der Waals surface area contributed by atoms with Crippen molar-refractivity contribution in [1.29, 1.82) is 0 Å². The highest BCUT2D eigenvalue weighted by Gasteiger charge is 2.13. The maximum absolute atomic E-state index is 12.1. The molecule has 3 rings (SSSR count). The van der Waals surface area contributed by atoms with Gasteiger partial charge >= 0.3 is 0 Å². The summed E-state index contributed by atoms with van der Waals surface area (Å²) in [6, 6.07) is 11.8. The first kappa shape index (κ1) is 23.3. The molecule has 160 valence electrons. The monoisotopic (exact) mass is 541 g/mol. The number of carbonyl (C=O) groups is 1. The van der Waals surface area contributed by atoms with Gasteiger partial charge in [0.1, 0.15) is 11.8 Å². The molecule has 0 saturated carbocycles. The number of hydrogen-bond donors (Lipinski definition) is 1. The average Bonchev–Trinajstić information content (AvgIpc) is 2.74. The van der Waals surface area contributed by atoms with Crippen LogP contribution in [0, 0.1) is 0 Å². The van der Waals surface area contributed by atoms with Crippen molar-refractivity contribution >= 4 is 62.9 Å². The van der Waals surface area contributed by atoms with Gasteiger partial charge in [0.15, 0.2) is 11.5 Å². The van der Waals surface area contributed by atoms with Crippen molar-refractivity contribution < 1.29 is 14.3 Å². The van der Waals surface area contributed by atoms with Crippen molar-refractivity contribution in [3.63, 3.8) is 0 Å². The van der Waals surface area contributed by atoms with E-state index >= 15 is 0 Å². The van der Waals surface area contributed by atoms with E-state index in [-0.39, 0.29) is 17.3 Å². The van der Waals surface area contributed by atoms with Crippen LogP contribution < -0.4 is 14.9 Å². The summed E-state index contributed by atoms with van der Waals surface area (Å²) in [5.74, 6) is 0.500. The topological polar surface area (TPSA) is 72.8 Å². The van der Waals surface area contributed by atoms with Gasteiger partial charge in [-0.25, -0.2) is 10.4 Å². The predicted molar refractivity (Wildman–Crippen MR) is 126 cm³/mol. The molecule has 31 heavy (non-hydrogen) atoms. The molecule has 0 unspecified atom stereocenters. The summed E-state index contributed by atoms with van der Waals surface area (Å²) < 4.78 is 12.0. The van der Waals surface area contributed by atoms with Crippen molar-refractivity contribution in [2.45, 2.75) is 6.61 Å². The number of pyridine rings is 1. The Hall–Kier alpha value is -2.32. The minimum absolute atomic E-state index is 0.0990. The lowest BCUT2D eigenvalue weighted by atomic mass is 10.2. The van der Waals surface area contributed by atoms with Gasteiger partial charge in [-0.1, -0.05) is 40.9 Å². The molecule has 1 amide bonds. The molecule has 0 aliphatic carbocycles. The molecule has 0 fully saturated rings. The smallest absolute Gasteiger partial charge is 0.274 e. The van der Waals surface area contributed by atoms with Crippen LogP contribution in [0.1, 0.15) is 21.5 Å². The summed E-state index contributed by atoms with van der Waals surface area (Å²) in [5, 5.41) is 5.12. The van der Waals surface area contributed by atoms with Crippen LogP contribution in [-0.2, 0) is 6.61 Å². The van der Waals surface area contributed by atoms with Gasteiger partial charge in [0.2, 0.25) is 0 Å². The van der Waals surface area contributed by atoms with Gasteiger partial charge in [-0.3, -0.25) is 4.79 Å². The number of ether oxygens (including phenoxy) is 2. The zero-order valence-electron chi connectivity index (χ0n) is 16.0. The van der Waals surface area contributed by atoms with Crippen LogP contribution in [0.4, 0.5) is 0 Å². The number of nitrogens with one attached hydrogen (secondary N) is 1. The highest BCUT2D eigenvalue weighted by atomic mass is 79.9. The van der Waals surface area contributed by atoms with Gasteiger partial charge in [0.25, 0.3) is 5.91 Å². The lowest BCUT2D eigenvalue weighted by Crippen LogP contribution is -2.18. The summed E-state index contributed by atoms with van der Waals surface area (Å²) in [6.07, 6.45) is 2.96. The third-order valence-electron chi connectivity index (χ3n) is 4.02. The average molecular weight is 544 g/mol. The maximum Gasteiger partial charge on any atom is 0.274 e. The lowest BCUT2D eigenvalue weighted by Gasteiger charge is -2.14. The molecule has 3 aromatic rings. The third kappa shape index (κ3) is 6.11. The third-order valence-corrected chi connectivity index (χ3v) is 5.50. The number of benzene rings is 2. The Labute approximate surface area is 202 Å². The van der Waals surface area contributed by atoms with Crippen molar-refractivity contribution in [2.75, 3.05) is 7.11 Å². The first-order valence-electron chi connectivity index (χ1n) is 8.77. The fourth-order valence-corrected chi connectivity index (χ4v) is 3.77. The lowest BCUT2D eigenvalue weighted by molar-refractivity contribution is 0.0955. The summed E-state index contributed by atoms with van der Waals surface area (Å²) in [7, 11) is 1.52. The zero-order valence-corrected chi connectivity index (χ0v) is 19.9. The molecule has 0 bridgehead atoms. The van der Waals surface area contributed by atoms with Gasteiger partial charge in [0.05, 0.1) is 23.4 Å². The van der Waals surface area contributed by atoms with Gasteiger partial charge < -0.3 is 9.47 Å². The second-order valence-electron chi connectivity index (χ2n) is 6.10. The van der Waals surface area contributed by atoms with E-state index < -0.39 is 5.91 Å². The molecule has 0 radical (unpaired) electrons. The number of halogens is 4. The van der Waals surface area contributed by atoms with E-state index in [0.29, 0.717) is 31.6 Å². The normalized spacial score (nSPS) is 10.9. The van der Waals surface area contributed by atoms with E-state index in [0.717, 1.165) is 5.56 Å². The molecule has 0 aliphatic rings. The van der Waals surface area contributed by atoms with Crippen molar-refractivity contribution in [2.24, 2.45) is 5.10 Å². The van der Waals surface area contributed by atoms with E-state index in [4.69, 9.17) is 44.3 Å². The number of nitrogens with zero attached hydrogens (tertiary/aromatic N) is 2. The number of methoxy groups -OCH3 is 1. The number of carbonyl (C=O) groups excluding carboxylic acids is 1. The van der Waals surface area contributed by atoms with Gasteiger partial charge in [0, 0.05) is 21.8 Å². The van der Waals surface area contributed by atoms with Crippen LogP contribution in [0.15, 0.2) is 58.2 Å². The largest absolute Gasteiger partial charge is 0.493 e. The summed E-state index contributed by atoms with van der Waals surface area (Å²) in [5.41, 5.74) is 4.08. The van der Waals surface area contributed by atoms with Crippen LogP contribution in [-0.4, -0.2) is 24.2 Å². The van der Waals surface area contributed by atoms with Crippen molar-refractivity contribution in [1.82, 2.24) is 10.4 Å². The number of hydrogen-bond acceptors (Lipinski definition) is 5. The molecule has 2 aromatic carbocycles. The van der Waals surface area contributed by atoms with Crippen molar-refractivity contribution in [3.8, 4) is 11.5 Å². The van der Waals surface area contributed by atoms with E-state index in [2.05, 4.69) is 31.4 Å². The molecule has 6 nitrogen and oxygen atoms in total. The second kappa shape index (κ2) is 10.8. The van der Waals surface area contributed by atoms with Crippen LogP contribution >= 0.6 is 50.7 Å². The highest BCUT2D eigenvalue weighted by Crippen LogP contribution is 2.37. The predicted octanol–water partition coefficient (Wildman–Crippen LogP) is 6.16. The Morgan fingerprint density at radius 2 is 2.03 bits per heavy atom. The second-order valence-corrected chi connectivity index (χ2v) is 8.16. The fourth-order valence-electron chi connectivity index (χ4n) is 2.52. The highest BCUT2D eigenvalue weighted by molar-refractivity contribution is 9.10. The van der Waals surface area contributed by atoms with E-state index in [1.165, 1.54) is 19.5 Å². The van der Waals surface area contributed by atoms with E-state index in [9.17, 15) is 4.79 Å². The molecule has 0 aliphatic heterocycles.